The molecule has 5 nitrogen and oxygen atoms in total. The van der Waals surface area contributed by atoms with Crippen LogP contribution < -0.4 is 5.32 Å². The minimum absolute atomic E-state index is 0.000314. The summed E-state index contributed by atoms with van der Waals surface area (Å²) in [6.45, 7) is 1.37. The summed E-state index contributed by atoms with van der Waals surface area (Å²) in [5, 5.41) is 4.97. The Balaban J connectivity index is 1.60. The Bertz CT molecular complexity index is 1060. The van der Waals surface area contributed by atoms with Crippen molar-refractivity contribution in [3.05, 3.63) is 75.0 Å². The van der Waals surface area contributed by atoms with E-state index in [0.717, 1.165) is 16.3 Å². The number of ether oxygens (including phenoxy) is 1. The zero-order valence-electron chi connectivity index (χ0n) is 14.7. The van der Waals surface area contributed by atoms with E-state index < -0.39 is 18.5 Å². The van der Waals surface area contributed by atoms with Crippen LogP contribution in [0.1, 0.15) is 29.0 Å². The molecule has 28 heavy (non-hydrogen) atoms. The monoisotopic (exact) mass is 436 g/mol. The fourth-order valence-corrected chi connectivity index (χ4v) is 3.19. The number of fused-ring (bicyclic) bond motifs is 1. The van der Waals surface area contributed by atoms with E-state index in [4.69, 9.17) is 39.5 Å². The Kier molecular flexibility index (Phi) is 6.39. The number of amides is 1. The van der Waals surface area contributed by atoms with E-state index in [1.807, 2.05) is 49.4 Å². The van der Waals surface area contributed by atoms with E-state index in [-0.39, 0.29) is 26.8 Å². The van der Waals surface area contributed by atoms with E-state index >= 15 is 0 Å². The number of pyridine rings is 1. The fraction of sp³-hybridized carbons (Fsp3) is 0.150. The maximum absolute atomic E-state index is 12.1. The van der Waals surface area contributed by atoms with E-state index in [2.05, 4.69) is 10.3 Å². The van der Waals surface area contributed by atoms with Gasteiger partial charge in [0.25, 0.3) is 5.91 Å². The van der Waals surface area contributed by atoms with E-state index in [0.29, 0.717) is 0 Å². The summed E-state index contributed by atoms with van der Waals surface area (Å²) in [5.41, 5.74) is 0.735. The van der Waals surface area contributed by atoms with Crippen molar-refractivity contribution in [3.63, 3.8) is 0 Å². The molecule has 0 bridgehead atoms. The predicted molar refractivity (Wildman–Crippen MR) is 110 cm³/mol. The molecule has 0 aliphatic rings. The summed E-state index contributed by atoms with van der Waals surface area (Å²) in [5.74, 6) is -1.32. The molecule has 8 heteroatoms. The van der Waals surface area contributed by atoms with Crippen LogP contribution in [0.4, 0.5) is 0 Å². The molecule has 1 aromatic heterocycles. The third kappa shape index (κ3) is 4.55. The molecule has 3 rings (SSSR count). The lowest BCUT2D eigenvalue weighted by molar-refractivity contribution is -0.124. The minimum atomic E-state index is -0.864. The first-order valence-corrected chi connectivity index (χ1v) is 9.45. The van der Waals surface area contributed by atoms with Crippen molar-refractivity contribution < 1.29 is 14.3 Å². The largest absolute Gasteiger partial charge is 0.451 e. The summed E-state index contributed by atoms with van der Waals surface area (Å²) in [6, 6.07) is 13.6. The highest BCUT2D eigenvalue weighted by Crippen LogP contribution is 2.31. The van der Waals surface area contributed by atoms with Gasteiger partial charge in [-0.15, -0.1) is 0 Å². The maximum Gasteiger partial charge on any atom is 0.359 e. The molecule has 3 aromatic rings. The Hall–Kier alpha value is -2.34. The Morgan fingerprint density at radius 2 is 1.79 bits per heavy atom. The number of carbonyl (C=O) groups is 2. The summed E-state index contributed by atoms with van der Waals surface area (Å²) < 4.78 is 4.97. The highest BCUT2D eigenvalue weighted by Gasteiger charge is 2.20. The van der Waals surface area contributed by atoms with Gasteiger partial charge in [-0.1, -0.05) is 71.2 Å². The SMILES string of the molecule is CC(NC(=O)COC(=O)c1ncc(Cl)c(Cl)c1Cl)c1ccc2ccccc2c1. The van der Waals surface area contributed by atoms with Crippen LogP contribution in [-0.4, -0.2) is 23.5 Å². The van der Waals surface area contributed by atoms with Crippen molar-refractivity contribution in [2.45, 2.75) is 13.0 Å². The third-order valence-corrected chi connectivity index (χ3v) is 5.34. The fourth-order valence-electron chi connectivity index (χ4n) is 2.63. The van der Waals surface area contributed by atoms with Crippen LogP contribution >= 0.6 is 34.8 Å². The number of esters is 1. The molecular weight excluding hydrogens is 423 g/mol. The van der Waals surface area contributed by atoms with Crippen LogP contribution in [0.2, 0.25) is 15.1 Å². The Labute approximate surface area is 176 Å². The molecule has 0 spiro atoms. The second kappa shape index (κ2) is 8.78. The Morgan fingerprint density at radius 3 is 2.54 bits per heavy atom. The number of hydrogen-bond acceptors (Lipinski definition) is 4. The number of rotatable bonds is 5. The summed E-state index contributed by atoms with van der Waals surface area (Å²) in [7, 11) is 0. The number of benzene rings is 2. The van der Waals surface area contributed by atoms with Gasteiger partial charge in [-0.2, -0.15) is 0 Å². The topological polar surface area (TPSA) is 68.3 Å². The molecule has 1 unspecified atom stereocenters. The maximum atomic E-state index is 12.1. The van der Waals surface area contributed by atoms with Crippen molar-refractivity contribution in [1.29, 1.82) is 0 Å². The van der Waals surface area contributed by atoms with Crippen LogP contribution in [-0.2, 0) is 9.53 Å². The van der Waals surface area contributed by atoms with Gasteiger partial charge in [0.1, 0.15) is 0 Å². The molecular formula is C20H15Cl3N2O3. The zero-order chi connectivity index (χ0) is 20.3. The molecule has 0 aliphatic carbocycles. The number of hydrogen-bond donors (Lipinski definition) is 1. The average molecular weight is 438 g/mol. The normalized spacial score (nSPS) is 11.9. The first kappa shape index (κ1) is 20.4. The van der Waals surface area contributed by atoms with Crippen LogP contribution in [0.25, 0.3) is 10.8 Å². The van der Waals surface area contributed by atoms with Gasteiger partial charge < -0.3 is 10.1 Å². The van der Waals surface area contributed by atoms with Gasteiger partial charge in [0.15, 0.2) is 12.3 Å². The first-order chi connectivity index (χ1) is 13.4. The quantitative estimate of drug-likeness (QED) is 0.555. The molecule has 0 aliphatic heterocycles. The second-order valence-electron chi connectivity index (χ2n) is 6.05. The lowest BCUT2D eigenvalue weighted by atomic mass is 10.0. The highest BCUT2D eigenvalue weighted by atomic mass is 35.5. The average Bonchev–Trinajstić information content (AvgIpc) is 2.70. The highest BCUT2D eigenvalue weighted by molar-refractivity contribution is 6.48. The van der Waals surface area contributed by atoms with Crippen molar-refractivity contribution in [2.24, 2.45) is 0 Å². The number of nitrogens with one attached hydrogen (secondary N) is 1. The molecule has 0 saturated heterocycles. The molecule has 1 amide bonds. The van der Waals surface area contributed by atoms with Crippen molar-refractivity contribution in [1.82, 2.24) is 10.3 Å². The predicted octanol–water partition coefficient (Wildman–Crippen LogP) is 5.23. The number of carbonyl (C=O) groups excluding carboxylic acids is 2. The van der Waals surface area contributed by atoms with Crippen molar-refractivity contribution in [3.8, 4) is 0 Å². The molecule has 144 valence electrons. The molecule has 0 saturated carbocycles. The molecule has 1 atom stereocenters. The molecule has 0 fully saturated rings. The number of nitrogens with zero attached hydrogens (tertiary/aromatic N) is 1. The molecule has 1 N–H and O–H groups in total. The molecule has 2 aromatic carbocycles. The summed E-state index contributed by atoms with van der Waals surface area (Å²) in [4.78, 5) is 28.0. The van der Waals surface area contributed by atoms with E-state index in [9.17, 15) is 9.59 Å². The zero-order valence-corrected chi connectivity index (χ0v) is 17.0. The Morgan fingerprint density at radius 1 is 1.07 bits per heavy atom. The molecule has 1 heterocycles. The van der Waals surface area contributed by atoms with Crippen LogP contribution in [0.5, 0.6) is 0 Å². The van der Waals surface area contributed by atoms with Gasteiger partial charge in [0.2, 0.25) is 0 Å². The van der Waals surface area contributed by atoms with Gasteiger partial charge in [-0.3, -0.25) is 4.79 Å². The number of aromatic nitrogens is 1. The molecule has 0 radical (unpaired) electrons. The second-order valence-corrected chi connectivity index (χ2v) is 7.22. The van der Waals surface area contributed by atoms with Gasteiger partial charge >= 0.3 is 5.97 Å². The van der Waals surface area contributed by atoms with Gasteiger partial charge in [0.05, 0.1) is 21.1 Å². The van der Waals surface area contributed by atoms with Crippen molar-refractivity contribution in [2.75, 3.05) is 6.61 Å². The summed E-state index contributed by atoms with van der Waals surface area (Å²) >= 11 is 17.6. The lowest BCUT2D eigenvalue weighted by Gasteiger charge is -2.15. The smallest absolute Gasteiger partial charge is 0.359 e. The van der Waals surface area contributed by atoms with E-state index in [1.165, 1.54) is 6.20 Å². The van der Waals surface area contributed by atoms with E-state index in [1.54, 1.807) is 0 Å². The van der Waals surface area contributed by atoms with Crippen LogP contribution in [0.15, 0.2) is 48.7 Å². The van der Waals surface area contributed by atoms with Gasteiger partial charge in [-0.25, -0.2) is 9.78 Å². The van der Waals surface area contributed by atoms with Crippen LogP contribution in [0, 0.1) is 0 Å². The van der Waals surface area contributed by atoms with Crippen LogP contribution in [0.3, 0.4) is 0 Å². The number of halogens is 3. The lowest BCUT2D eigenvalue weighted by Crippen LogP contribution is -2.31. The standard InChI is InChI=1S/C20H15Cl3N2O3/c1-11(13-7-6-12-4-2-3-5-14(12)8-13)25-16(26)10-28-20(27)19-18(23)17(22)15(21)9-24-19/h2-9,11H,10H2,1H3,(H,25,26). The van der Waals surface area contributed by atoms with Gasteiger partial charge in [-0.05, 0) is 29.3 Å². The summed E-state index contributed by atoms with van der Waals surface area (Å²) in [6.07, 6.45) is 1.19. The minimum Gasteiger partial charge on any atom is -0.451 e. The third-order valence-electron chi connectivity index (χ3n) is 4.10. The van der Waals surface area contributed by atoms with Gasteiger partial charge in [0, 0.05) is 6.20 Å². The first-order valence-electron chi connectivity index (χ1n) is 8.31. The van der Waals surface area contributed by atoms with Crippen molar-refractivity contribution >= 4 is 57.5 Å².